The molecule has 10 heteroatoms. The van der Waals surface area contributed by atoms with Crippen LogP contribution in [0.3, 0.4) is 0 Å². The molecule has 1 fully saturated rings. The molecule has 0 N–H and O–H groups in total. The normalized spacial score (nSPS) is 16.5. The number of nitrogens with zero attached hydrogens (tertiary/aromatic N) is 2. The van der Waals surface area contributed by atoms with Crippen molar-refractivity contribution >= 4 is 10.0 Å². The van der Waals surface area contributed by atoms with E-state index in [1.165, 1.54) is 12.1 Å². The van der Waals surface area contributed by atoms with Gasteiger partial charge in [0.05, 0.1) is 18.0 Å². The number of aromatic nitrogens is 1. The lowest BCUT2D eigenvalue weighted by Crippen LogP contribution is -2.56. The third kappa shape index (κ3) is 3.59. The Morgan fingerprint density at radius 2 is 1.88 bits per heavy atom. The van der Waals surface area contributed by atoms with Gasteiger partial charge >= 0.3 is 6.18 Å². The van der Waals surface area contributed by atoms with Crippen LogP contribution < -0.4 is 4.74 Å². The molecular weight excluding hydrogens is 364 g/mol. The Labute approximate surface area is 140 Å². The van der Waals surface area contributed by atoms with Gasteiger partial charge < -0.3 is 4.74 Å². The maximum absolute atomic E-state index is 13.2. The molecule has 1 saturated heterocycles. The number of benzene rings is 1. The fourth-order valence-electron chi connectivity index (χ4n) is 2.31. The van der Waals surface area contributed by atoms with Gasteiger partial charge in [-0.25, -0.2) is 17.8 Å². The first-order valence-electron chi connectivity index (χ1n) is 7.12. The van der Waals surface area contributed by atoms with Gasteiger partial charge in [0, 0.05) is 6.20 Å². The maximum Gasteiger partial charge on any atom is 0.421 e. The molecule has 1 aliphatic rings. The number of ether oxygens (including phenoxy) is 1. The molecule has 0 bridgehead atoms. The number of rotatable bonds is 4. The van der Waals surface area contributed by atoms with Gasteiger partial charge in [-0.2, -0.15) is 17.5 Å². The molecule has 134 valence electrons. The van der Waals surface area contributed by atoms with Crippen LogP contribution in [0.4, 0.5) is 17.6 Å². The molecule has 25 heavy (non-hydrogen) atoms. The summed E-state index contributed by atoms with van der Waals surface area (Å²) < 4.78 is 82.6. The Morgan fingerprint density at radius 1 is 1.16 bits per heavy atom. The highest BCUT2D eigenvalue weighted by Gasteiger charge is 2.41. The van der Waals surface area contributed by atoms with Crippen LogP contribution >= 0.6 is 0 Å². The summed E-state index contributed by atoms with van der Waals surface area (Å²) in [5, 5.41) is 0. The molecule has 3 rings (SSSR count). The second kappa shape index (κ2) is 6.26. The average Bonchev–Trinajstić information content (AvgIpc) is 2.49. The van der Waals surface area contributed by atoms with Crippen LogP contribution in [-0.4, -0.2) is 36.9 Å². The van der Waals surface area contributed by atoms with Crippen molar-refractivity contribution in [3.8, 4) is 5.88 Å². The van der Waals surface area contributed by atoms with Gasteiger partial charge in [-0.1, -0.05) is 6.07 Å². The largest absolute Gasteiger partial charge is 0.471 e. The molecule has 2 heterocycles. The molecule has 1 aromatic heterocycles. The van der Waals surface area contributed by atoms with Crippen LogP contribution in [0.1, 0.15) is 5.56 Å². The molecule has 5 nitrogen and oxygen atoms in total. The van der Waals surface area contributed by atoms with Crippen molar-refractivity contribution < 1.29 is 30.7 Å². The van der Waals surface area contributed by atoms with Crippen LogP contribution in [0.5, 0.6) is 5.88 Å². The van der Waals surface area contributed by atoms with Gasteiger partial charge in [0.25, 0.3) is 0 Å². The van der Waals surface area contributed by atoms with Crippen molar-refractivity contribution in [2.75, 3.05) is 13.1 Å². The molecule has 1 aromatic carbocycles. The lowest BCUT2D eigenvalue weighted by Gasteiger charge is -2.37. The van der Waals surface area contributed by atoms with Crippen LogP contribution in [-0.2, 0) is 16.2 Å². The van der Waals surface area contributed by atoms with Crippen molar-refractivity contribution in [2.24, 2.45) is 0 Å². The summed E-state index contributed by atoms with van der Waals surface area (Å²) in [5.41, 5.74) is -1.03. The van der Waals surface area contributed by atoms with Crippen molar-refractivity contribution in [3.63, 3.8) is 0 Å². The number of hydrogen-bond acceptors (Lipinski definition) is 4. The number of halogens is 4. The zero-order chi connectivity index (χ0) is 18.2. The number of pyridine rings is 1. The van der Waals surface area contributed by atoms with E-state index in [1.54, 1.807) is 0 Å². The van der Waals surface area contributed by atoms with Crippen molar-refractivity contribution in [2.45, 2.75) is 17.2 Å². The number of alkyl halides is 3. The standard InChI is InChI=1S/C15H12F4N2O3S/c16-10-3-1-4-12(7-10)25(22,23)21-8-11(9-21)24-14-13(15(17,18)19)5-2-6-20-14/h1-7,11H,8-9H2. The minimum Gasteiger partial charge on any atom is -0.471 e. The number of sulfonamides is 1. The van der Waals surface area contributed by atoms with E-state index >= 15 is 0 Å². The van der Waals surface area contributed by atoms with Gasteiger partial charge in [0.2, 0.25) is 15.9 Å². The fraction of sp³-hybridized carbons (Fsp3) is 0.267. The summed E-state index contributed by atoms with van der Waals surface area (Å²) in [4.78, 5) is 3.34. The Hall–Kier alpha value is -2.20. The lowest BCUT2D eigenvalue weighted by atomic mass is 10.2. The molecule has 2 aromatic rings. The maximum atomic E-state index is 13.2. The van der Waals surface area contributed by atoms with Crippen LogP contribution in [0.2, 0.25) is 0 Å². The van der Waals surface area contributed by atoms with Crippen molar-refractivity contribution in [3.05, 3.63) is 54.0 Å². The lowest BCUT2D eigenvalue weighted by molar-refractivity contribution is -0.140. The van der Waals surface area contributed by atoms with E-state index in [4.69, 9.17) is 4.74 Å². The van der Waals surface area contributed by atoms with Gasteiger partial charge in [-0.3, -0.25) is 0 Å². The molecule has 0 aliphatic carbocycles. The zero-order valence-corrected chi connectivity index (χ0v) is 13.4. The Bertz CT molecular complexity index is 880. The Balaban J connectivity index is 1.70. The van der Waals surface area contributed by atoms with E-state index in [2.05, 4.69) is 4.98 Å². The smallest absolute Gasteiger partial charge is 0.421 e. The highest BCUT2D eigenvalue weighted by atomic mass is 32.2. The summed E-state index contributed by atoms with van der Waals surface area (Å²) >= 11 is 0. The van der Waals surface area contributed by atoms with E-state index in [9.17, 15) is 26.0 Å². The SMILES string of the molecule is O=S(=O)(c1cccc(F)c1)N1CC(Oc2ncccc2C(F)(F)F)C1. The highest BCUT2D eigenvalue weighted by Crippen LogP contribution is 2.36. The first kappa shape index (κ1) is 17.6. The predicted octanol–water partition coefficient (Wildman–Crippen LogP) is 2.69. The van der Waals surface area contributed by atoms with Crippen LogP contribution in [0.25, 0.3) is 0 Å². The first-order chi connectivity index (χ1) is 11.7. The molecule has 0 saturated carbocycles. The molecule has 1 aliphatic heterocycles. The molecule has 0 amide bonds. The van der Waals surface area contributed by atoms with Gasteiger partial charge in [0.1, 0.15) is 17.5 Å². The first-order valence-corrected chi connectivity index (χ1v) is 8.56. The Morgan fingerprint density at radius 3 is 2.52 bits per heavy atom. The fourth-order valence-corrected chi connectivity index (χ4v) is 3.84. The van der Waals surface area contributed by atoms with Crippen LogP contribution in [0.15, 0.2) is 47.5 Å². The molecule has 0 radical (unpaired) electrons. The quantitative estimate of drug-likeness (QED) is 0.770. The molecule has 0 atom stereocenters. The summed E-state index contributed by atoms with van der Waals surface area (Å²) in [6.45, 7) is -0.292. The summed E-state index contributed by atoms with van der Waals surface area (Å²) in [7, 11) is -3.92. The third-order valence-electron chi connectivity index (χ3n) is 3.60. The summed E-state index contributed by atoms with van der Waals surface area (Å²) in [6.07, 6.45) is -4.23. The van der Waals surface area contributed by atoms with E-state index < -0.39 is 39.6 Å². The summed E-state index contributed by atoms with van der Waals surface area (Å²) in [5.74, 6) is -1.29. The monoisotopic (exact) mass is 376 g/mol. The highest BCUT2D eigenvalue weighted by molar-refractivity contribution is 7.89. The van der Waals surface area contributed by atoms with Crippen LogP contribution in [0, 0.1) is 5.82 Å². The summed E-state index contributed by atoms with van der Waals surface area (Å²) in [6, 6.07) is 6.47. The van der Waals surface area contributed by atoms with Crippen molar-refractivity contribution in [1.29, 1.82) is 0 Å². The molecular formula is C15H12F4N2O3S. The third-order valence-corrected chi connectivity index (χ3v) is 5.43. The van der Waals surface area contributed by atoms with Gasteiger partial charge in [-0.15, -0.1) is 0 Å². The Kier molecular flexibility index (Phi) is 4.41. The van der Waals surface area contributed by atoms with Gasteiger partial charge in [-0.05, 0) is 30.3 Å². The van der Waals surface area contributed by atoms with Crippen molar-refractivity contribution in [1.82, 2.24) is 9.29 Å². The van der Waals surface area contributed by atoms with Gasteiger partial charge in [0.15, 0.2) is 0 Å². The minimum atomic E-state index is -4.62. The minimum absolute atomic E-state index is 0.146. The molecule has 0 spiro atoms. The second-order valence-electron chi connectivity index (χ2n) is 5.37. The topological polar surface area (TPSA) is 59.5 Å². The van der Waals surface area contributed by atoms with E-state index in [1.807, 2.05) is 0 Å². The second-order valence-corrected chi connectivity index (χ2v) is 7.31. The predicted molar refractivity (Wildman–Crippen MR) is 78.8 cm³/mol. The zero-order valence-electron chi connectivity index (χ0n) is 12.6. The number of hydrogen-bond donors (Lipinski definition) is 0. The molecule has 0 unspecified atom stereocenters. The van der Waals surface area contributed by atoms with E-state index in [-0.39, 0.29) is 18.0 Å². The van der Waals surface area contributed by atoms with E-state index in [0.29, 0.717) is 0 Å². The van der Waals surface area contributed by atoms with E-state index in [0.717, 1.165) is 34.8 Å². The average molecular weight is 376 g/mol.